The lowest BCUT2D eigenvalue weighted by atomic mass is 9.82. The molecular formula is C63H43NS. The topological polar surface area (TPSA) is 3.24 Å². The number of nitrogens with zero attached hydrogens (tertiary/aromatic N) is 1. The molecule has 0 fully saturated rings. The molecule has 0 radical (unpaired) electrons. The molecule has 0 spiro atoms. The number of benzene rings is 10. The van der Waals surface area contributed by atoms with E-state index < -0.39 is 0 Å². The minimum Gasteiger partial charge on any atom is -0.310 e. The zero-order valence-corrected chi connectivity index (χ0v) is 37.0. The number of hydrogen-bond donors (Lipinski definition) is 0. The summed E-state index contributed by atoms with van der Waals surface area (Å²) in [6.45, 7) is 4.75. The normalized spacial score (nSPS) is 12.9. The van der Waals surface area contributed by atoms with Crippen molar-refractivity contribution in [3.63, 3.8) is 0 Å². The van der Waals surface area contributed by atoms with Crippen LogP contribution in [-0.4, -0.2) is 0 Å². The molecule has 65 heavy (non-hydrogen) atoms. The summed E-state index contributed by atoms with van der Waals surface area (Å²) >= 11 is 1.88. The van der Waals surface area contributed by atoms with E-state index in [0.717, 1.165) is 17.1 Å². The number of thiophene rings is 1. The van der Waals surface area contributed by atoms with Gasteiger partial charge in [0, 0.05) is 42.5 Å². The van der Waals surface area contributed by atoms with Crippen molar-refractivity contribution in [1.29, 1.82) is 0 Å². The summed E-state index contributed by atoms with van der Waals surface area (Å²) < 4.78 is 2.61. The maximum atomic E-state index is 2.50. The largest absolute Gasteiger partial charge is 0.310 e. The quantitative estimate of drug-likeness (QED) is 0.171. The second-order valence-electron chi connectivity index (χ2n) is 17.9. The van der Waals surface area contributed by atoms with Crippen molar-refractivity contribution in [3.8, 4) is 22.3 Å². The van der Waals surface area contributed by atoms with E-state index >= 15 is 0 Å². The molecule has 11 aromatic carbocycles. The van der Waals surface area contributed by atoms with Crippen molar-refractivity contribution in [1.82, 2.24) is 0 Å². The van der Waals surface area contributed by atoms with Crippen molar-refractivity contribution >= 4 is 102 Å². The van der Waals surface area contributed by atoms with E-state index in [2.05, 4.69) is 243 Å². The van der Waals surface area contributed by atoms with Crippen LogP contribution in [0.15, 0.2) is 224 Å². The summed E-state index contributed by atoms with van der Waals surface area (Å²) in [7, 11) is 0. The Morgan fingerprint density at radius 2 is 0.815 bits per heavy atom. The van der Waals surface area contributed by atoms with Crippen molar-refractivity contribution in [2.24, 2.45) is 0 Å². The molecule has 306 valence electrons. The third kappa shape index (κ3) is 5.77. The first-order valence-electron chi connectivity index (χ1n) is 22.6. The zero-order valence-electron chi connectivity index (χ0n) is 36.2. The Morgan fingerprint density at radius 1 is 0.323 bits per heavy atom. The molecule has 0 saturated heterocycles. The van der Waals surface area contributed by atoms with Gasteiger partial charge in [-0.15, -0.1) is 11.3 Å². The molecule has 1 nitrogen and oxygen atoms in total. The summed E-state index contributed by atoms with van der Waals surface area (Å²) in [5.74, 6) is 0. The third-order valence-corrected chi connectivity index (χ3v) is 15.2. The highest BCUT2D eigenvalue weighted by Crippen LogP contribution is 2.52. The van der Waals surface area contributed by atoms with Crippen molar-refractivity contribution < 1.29 is 0 Å². The van der Waals surface area contributed by atoms with Gasteiger partial charge in [0.15, 0.2) is 0 Å². The van der Waals surface area contributed by atoms with E-state index in [9.17, 15) is 0 Å². The maximum Gasteiger partial charge on any atom is 0.0540 e. The highest BCUT2D eigenvalue weighted by molar-refractivity contribution is 7.26. The number of para-hydroxylation sites is 1. The van der Waals surface area contributed by atoms with Crippen LogP contribution in [0, 0.1) is 0 Å². The molecule has 0 unspecified atom stereocenters. The van der Waals surface area contributed by atoms with Crippen LogP contribution < -0.4 is 4.90 Å². The van der Waals surface area contributed by atoms with Crippen LogP contribution in [0.4, 0.5) is 17.1 Å². The number of hydrogen-bond acceptors (Lipinski definition) is 2. The van der Waals surface area contributed by atoms with Crippen LogP contribution >= 0.6 is 11.3 Å². The summed E-state index contributed by atoms with van der Waals surface area (Å²) in [5, 5.41) is 14.9. The summed E-state index contributed by atoms with van der Waals surface area (Å²) in [6, 6.07) is 83.8. The highest BCUT2D eigenvalue weighted by atomic mass is 32.1. The molecular weight excluding hydrogens is 803 g/mol. The van der Waals surface area contributed by atoms with Gasteiger partial charge >= 0.3 is 0 Å². The second kappa shape index (κ2) is 14.6. The Hall–Kier alpha value is -7.78. The summed E-state index contributed by atoms with van der Waals surface area (Å²) in [6.07, 6.45) is 0. The van der Waals surface area contributed by atoms with E-state index in [1.807, 2.05) is 11.3 Å². The monoisotopic (exact) mass is 845 g/mol. The molecule has 0 atom stereocenters. The SMILES string of the molecule is CC1(C)c2ccccc2-c2ccc(N(c3ccc4c(c3)c3ccccc3c3ccccc3c3ccccc3c3c4ccc4sc5ccccc5c43)c3ccccc3-c3ccccc3)cc21. The van der Waals surface area contributed by atoms with Gasteiger partial charge in [0.05, 0.1) is 5.69 Å². The van der Waals surface area contributed by atoms with Gasteiger partial charge in [-0.25, -0.2) is 0 Å². The van der Waals surface area contributed by atoms with Gasteiger partial charge in [0.25, 0.3) is 0 Å². The lowest BCUT2D eigenvalue weighted by molar-refractivity contribution is 0.660. The minimum atomic E-state index is -0.154. The number of rotatable bonds is 4. The van der Waals surface area contributed by atoms with Crippen LogP contribution in [0.2, 0.25) is 0 Å². The smallest absolute Gasteiger partial charge is 0.0540 e. The number of anilines is 3. The fourth-order valence-corrected chi connectivity index (χ4v) is 12.2. The molecule has 1 aromatic heterocycles. The van der Waals surface area contributed by atoms with E-state index in [1.165, 1.54) is 107 Å². The lowest BCUT2D eigenvalue weighted by Crippen LogP contribution is -2.16. The maximum absolute atomic E-state index is 2.50. The molecule has 0 aliphatic heterocycles. The van der Waals surface area contributed by atoms with E-state index in [0.29, 0.717) is 0 Å². The van der Waals surface area contributed by atoms with Gasteiger partial charge in [0.2, 0.25) is 0 Å². The summed E-state index contributed by atoms with van der Waals surface area (Å²) in [5.41, 5.74) is 10.9. The Morgan fingerprint density at radius 3 is 1.55 bits per heavy atom. The van der Waals surface area contributed by atoms with Gasteiger partial charge in [-0.3, -0.25) is 0 Å². The zero-order chi connectivity index (χ0) is 43.2. The van der Waals surface area contributed by atoms with Gasteiger partial charge in [-0.1, -0.05) is 196 Å². The lowest BCUT2D eigenvalue weighted by Gasteiger charge is -2.30. The van der Waals surface area contributed by atoms with Gasteiger partial charge in [0.1, 0.15) is 0 Å². The minimum absolute atomic E-state index is 0.154. The van der Waals surface area contributed by atoms with Crippen LogP contribution in [0.5, 0.6) is 0 Å². The molecule has 12 aromatic rings. The molecule has 0 saturated carbocycles. The molecule has 1 aliphatic carbocycles. The van der Waals surface area contributed by atoms with Crippen LogP contribution in [0.3, 0.4) is 0 Å². The number of fused-ring (bicyclic) bond motifs is 17. The standard InChI is InChI=1S/C63H43NS/c1-63(2)56-29-15-12-26-50(56)51-35-33-42(39-57(51)63)64(58-30-16-13-20-43(58)40-18-4-3-5-19-40)41-32-34-49-53-36-37-60-62(54-28-14-17-31-59(54)65-60)61(53)52-27-11-10-24-47(52)45-22-7-6-21-44(45)46-23-8-9-25-48(46)55(49)38-41/h3-39H,1-2H3. The molecule has 1 heterocycles. The average molecular weight is 846 g/mol. The average Bonchev–Trinajstić information content (AvgIpc) is 3.85. The molecule has 0 bridgehead atoms. The fourth-order valence-electron chi connectivity index (χ4n) is 11.1. The first kappa shape index (κ1) is 37.7. The van der Waals surface area contributed by atoms with Crippen molar-refractivity contribution in [2.45, 2.75) is 19.3 Å². The predicted octanol–water partition coefficient (Wildman–Crippen LogP) is 18.4. The van der Waals surface area contributed by atoms with E-state index in [1.54, 1.807) is 0 Å². The van der Waals surface area contributed by atoms with Crippen LogP contribution in [0.25, 0.3) is 96.3 Å². The van der Waals surface area contributed by atoms with Crippen LogP contribution in [0.1, 0.15) is 25.0 Å². The Labute approximate surface area is 382 Å². The fraction of sp³-hybridized carbons (Fsp3) is 0.0476. The Balaban J connectivity index is 1.20. The molecule has 1 aliphatic rings. The predicted molar refractivity (Wildman–Crippen MR) is 282 cm³/mol. The van der Waals surface area contributed by atoms with Crippen molar-refractivity contribution in [2.75, 3.05) is 4.90 Å². The Bertz CT molecular complexity index is 3990. The molecule has 2 heteroatoms. The van der Waals surface area contributed by atoms with Gasteiger partial charge in [-0.05, 0) is 124 Å². The van der Waals surface area contributed by atoms with E-state index in [4.69, 9.17) is 0 Å². The van der Waals surface area contributed by atoms with Gasteiger partial charge in [-0.2, -0.15) is 0 Å². The molecule has 0 N–H and O–H groups in total. The van der Waals surface area contributed by atoms with Gasteiger partial charge < -0.3 is 4.90 Å². The third-order valence-electron chi connectivity index (χ3n) is 14.1. The first-order chi connectivity index (χ1) is 32.0. The first-order valence-corrected chi connectivity index (χ1v) is 23.4. The van der Waals surface area contributed by atoms with Crippen molar-refractivity contribution in [3.05, 3.63) is 236 Å². The molecule has 0 amide bonds. The van der Waals surface area contributed by atoms with E-state index in [-0.39, 0.29) is 5.41 Å². The highest BCUT2D eigenvalue weighted by Gasteiger charge is 2.36. The Kier molecular flexibility index (Phi) is 8.50. The van der Waals surface area contributed by atoms with Crippen LogP contribution in [-0.2, 0) is 5.41 Å². The second-order valence-corrected chi connectivity index (χ2v) is 19.0. The summed E-state index contributed by atoms with van der Waals surface area (Å²) in [4.78, 5) is 2.50. The molecule has 13 rings (SSSR count).